The number of carbonyl (C=O) groups excluding carboxylic acids is 1. The molecule has 0 fully saturated rings. The van der Waals surface area contributed by atoms with Crippen LogP contribution in [-0.4, -0.2) is 25.1 Å². The van der Waals surface area contributed by atoms with Crippen molar-refractivity contribution in [2.45, 2.75) is 0 Å². The Morgan fingerprint density at radius 3 is 3.00 bits per heavy atom. The van der Waals surface area contributed by atoms with E-state index in [0.717, 1.165) is 20.5 Å². The van der Waals surface area contributed by atoms with Crippen LogP contribution in [0.4, 0.5) is 0 Å². The molecule has 0 unspecified atom stereocenters. The van der Waals surface area contributed by atoms with Crippen molar-refractivity contribution in [1.29, 1.82) is 0 Å². The Morgan fingerprint density at radius 1 is 1.31 bits per heavy atom. The molecule has 0 saturated heterocycles. The van der Waals surface area contributed by atoms with Gasteiger partial charge in [-0.1, -0.05) is 0 Å². The monoisotopic (exact) mass is 237 g/mol. The number of hydrogen-bond donors (Lipinski definition) is 0. The summed E-state index contributed by atoms with van der Waals surface area (Å²) in [6.45, 7) is 0. The number of pyridine rings is 1. The number of rotatable bonds is 2. The van der Waals surface area contributed by atoms with Crippen LogP contribution in [0.1, 0.15) is 0 Å². The van der Waals surface area contributed by atoms with Gasteiger partial charge < -0.3 is 0 Å². The molecule has 0 saturated carbocycles. The van der Waals surface area contributed by atoms with Crippen molar-refractivity contribution >= 4 is 35.5 Å². The average Bonchev–Trinajstić information content (AvgIpc) is 2.18. The van der Waals surface area contributed by atoms with Crippen molar-refractivity contribution in [3.8, 4) is 0 Å². The van der Waals surface area contributed by atoms with Gasteiger partial charge in [-0.15, -0.1) is 0 Å². The predicted octanol–water partition coefficient (Wildman–Crippen LogP) is 0.754. The van der Waals surface area contributed by atoms with Crippen LogP contribution >= 0.6 is 0 Å². The molecule has 64 valence electrons. The topological polar surface area (TPSA) is 30.0 Å². The van der Waals surface area contributed by atoms with Crippen LogP contribution in [0, 0.1) is 0 Å². The van der Waals surface area contributed by atoms with Crippen molar-refractivity contribution < 1.29 is 4.79 Å². The van der Waals surface area contributed by atoms with E-state index < -0.39 is 0 Å². The first-order valence-electron chi connectivity index (χ1n) is 3.85. The first-order chi connectivity index (χ1) is 6.40. The summed E-state index contributed by atoms with van der Waals surface area (Å²) in [5, 5.41) is 2.06. The van der Waals surface area contributed by atoms with Crippen molar-refractivity contribution in [1.82, 2.24) is 4.98 Å². The molecular weight excluding hydrogens is 229 g/mol. The summed E-state index contributed by atoms with van der Waals surface area (Å²) < 4.78 is 1.03. The van der Waals surface area contributed by atoms with E-state index in [1.165, 1.54) is 0 Å². The number of hydrogen-bond acceptors (Lipinski definition) is 2. The van der Waals surface area contributed by atoms with Gasteiger partial charge in [0.05, 0.1) is 0 Å². The van der Waals surface area contributed by atoms with Crippen LogP contribution in [0.15, 0.2) is 36.5 Å². The summed E-state index contributed by atoms with van der Waals surface area (Å²) in [4.78, 5) is 14.6. The molecule has 1 heterocycles. The number of carbonyl (C=O) groups is 1. The Bertz CT molecular complexity index is 442. The molecule has 0 atom stereocenters. The van der Waals surface area contributed by atoms with Crippen LogP contribution in [-0.2, 0) is 4.79 Å². The van der Waals surface area contributed by atoms with Crippen LogP contribution in [0.3, 0.4) is 0 Å². The van der Waals surface area contributed by atoms with E-state index in [1.807, 2.05) is 30.3 Å². The summed E-state index contributed by atoms with van der Waals surface area (Å²) in [7, 11) is 0. The van der Waals surface area contributed by atoms with Gasteiger partial charge in [-0.3, -0.25) is 0 Å². The van der Waals surface area contributed by atoms with Crippen molar-refractivity contribution in [3.63, 3.8) is 0 Å². The van der Waals surface area contributed by atoms with E-state index in [2.05, 4.69) is 4.98 Å². The van der Waals surface area contributed by atoms with Gasteiger partial charge in [-0.05, 0) is 0 Å². The quantitative estimate of drug-likeness (QED) is 0.569. The van der Waals surface area contributed by atoms with Crippen molar-refractivity contribution in [2.75, 3.05) is 0 Å². The fraction of sp³-hybridized carbons (Fsp3) is 0. The van der Waals surface area contributed by atoms with Gasteiger partial charge in [0.2, 0.25) is 0 Å². The minimum absolute atomic E-state index is 0.0863. The summed E-state index contributed by atoms with van der Waals surface area (Å²) in [5.74, 6) is 0. The normalized spacial score (nSPS) is 10.2. The molecule has 0 aliphatic carbocycles. The van der Waals surface area contributed by atoms with E-state index in [1.54, 1.807) is 6.20 Å². The van der Waals surface area contributed by atoms with Crippen LogP contribution in [0.2, 0.25) is 0 Å². The van der Waals surface area contributed by atoms with Crippen molar-refractivity contribution in [3.05, 3.63) is 36.5 Å². The van der Waals surface area contributed by atoms with Crippen LogP contribution in [0.25, 0.3) is 10.9 Å². The summed E-state index contributed by atoms with van der Waals surface area (Å²) in [6.07, 6.45) is 1.77. The van der Waals surface area contributed by atoms with E-state index >= 15 is 0 Å². The Morgan fingerprint density at radius 2 is 2.15 bits per heavy atom. The SMILES string of the molecule is O=C[Se]c1cnc2ccccc2c1. The third-order valence-electron chi connectivity index (χ3n) is 1.75. The second-order valence-corrected chi connectivity index (χ2v) is 4.47. The Kier molecular flexibility index (Phi) is 2.39. The standard InChI is InChI=1S/C10H7NOSe/c12-7-13-9-5-8-3-1-2-4-10(8)11-6-9/h1-7H. The number of nitrogens with zero attached hydrogens (tertiary/aromatic N) is 1. The Balaban J connectivity index is 2.55. The Labute approximate surface area is 82.1 Å². The zero-order valence-electron chi connectivity index (χ0n) is 6.81. The molecule has 2 rings (SSSR count). The van der Waals surface area contributed by atoms with Gasteiger partial charge in [0.15, 0.2) is 0 Å². The molecule has 2 aromatic rings. The fourth-order valence-corrected chi connectivity index (χ4v) is 2.05. The third-order valence-corrected chi connectivity index (χ3v) is 2.99. The van der Waals surface area contributed by atoms with Gasteiger partial charge in [0.1, 0.15) is 0 Å². The van der Waals surface area contributed by atoms with Crippen molar-refractivity contribution in [2.24, 2.45) is 0 Å². The van der Waals surface area contributed by atoms with E-state index in [0.29, 0.717) is 0 Å². The van der Waals surface area contributed by atoms with Gasteiger partial charge in [0.25, 0.3) is 0 Å². The maximum absolute atomic E-state index is 10.3. The predicted molar refractivity (Wildman–Crippen MR) is 53.9 cm³/mol. The number of benzene rings is 1. The average molecular weight is 236 g/mol. The van der Waals surface area contributed by atoms with E-state index in [4.69, 9.17) is 0 Å². The molecule has 0 N–H and O–H groups in total. The number of para-hydroxylation sites is 1. The van der Waals surface area contributed by atoms with Gasteiger partial charge >= 0.3 is 81.8 Å². The summed E-state index contributed by atoms with van der Waals surface area (Å²) >= 11 is -0.0863. The van der Waals surface area contributed by atoms with E-state index in [9.17, 15) is 4.79 Å². The Hall–Kier alpha value is -1.18. The zero-order chi connectivity index (χ0) is 9.10. The van der Waals surface area contributed by atoms with Gasteiger partial charge in [-0.2, -0.15) is 0 Å². The minimum atomic E-state index is -0.0863. The molecule has 3 heteroatoms. The molecule has 1 aromatic heterocycles. The molecule has 2 nitrogen and oxygen atoms in total. The number of aromatic nitrogens is 1. The molecular formula is C10H7NOSe. The molecule has 0 spiro atoms. The van der Waals surface area contributed by atoms with Gasteiger partial charge in [0, 0.05) is 0 Å². The second-order valence-electron chi connectivity index (χ2n) is 2.58. The first-order valence-corrected chi connectivity index (χ1v) is 5.70. The summed E-state index contributed by atoms with van der Waals surface area (Å²) in [6, 6.07) is 9.93. The zero-order valence-corrected chi connectivity index (χ0v) is 8.52. The molecule has 0 aliphatic rings. The third kappa shape index (κ3) is 1.77. The molecule has 0 amide bonds. The van der Waals surface area contributed by atoms with Crippen LogP contribution in [0.5, 0.6) is 0 Å². The molecule has 0 bridgehead atoms. The molecule has 13 heavy (non-hydrogen) atoms. The fourth-order valence-electron chi connectivity index (χ4n) is 1.17. The maximum atomic E-state index is 10.3. The van der Waals surface area contributed by atoms with E-state index in [-0.39, 0.29) is 15.0 Å². The second kappa shape index (κ2) is 3.69. The summed E-state index contributed by atoms with van der Waals surface area (Å²) in [5.41, 5.74) is 0.980. The molecule has 0 aliphatic heterocycles. The molecule has 1 aromatic carbocycles. The van der Waals surface area contributed by atoms with Gasteiger partial charge in [-0.25, -0.2) is 0 Å². The molecule has 0 radical (unpaired) electrons. The first kappa shape index (κ1) is 8.42. The number of fused-ring (bicyclic) bond motifs is 1. The van der Waals surface area contributed by atoms with Crippen LogP contribution < -0.4 is 4.46 Å².